The molecule has 0 aliphatic heterocycles. The van der Waals surface area contributed by atoms with E-state index in [9.17, 15) is 14.9 Å². The van der Waals surface area contributed by atoms with Gasteiger partial charge in [-0.15, -0.1) is 0 Å². The molecule has 0 N–H and O–H groups in total. The molecule has 0 heterocycles. The number of nitrogens with zero attached hydrogens (tertiary/aromatic N) is 1. The Balaban J connectivity index is 2.58. The Hall–Kier alpha value is -1.63. The summed E-state index contributed by atoms with van der Waals surface area (Å²) in [5.41, 5.74) is -0.704. The van der Waals surface area contributed by atoms with Crippen molar-refractivity contribution < 1.29 is 19.2 Å². The van der Waals surface area contributed by atoms with Crippen LogP contribution in [-0.4, -0.2) is 23.1 Å². The van der Waals surface area contributed by atoms with Crippen LogP contribution in [0.25, 0.3) is 0 Å². The zero-order chi connectivity index (χ0) is 15.3. The molecule has 1 rings (SSSR count). The predicted molar refractivity (Wildman–Crippen MR) is 76.8 cm³/mol. The molecular weight excluding hydrogens is 330 g/mol. The molecule has 0 atom stereocenters. The second kappa shape index (κ2) is 6.69. The summed E-state index contributed by atoms with van der Waals surface area (Å²) in [6.07, 6.45) is 0.0322. The standard InChI is InChI=1S/C13H16BrNO5/c1-13(2,3)20-12(16)6-7-19-11-5-4-9(14)8-10(11)15(17)18/h4-5,8H,6-7H2,1-3H3. The van der Waals surface area contributed by atoms with Crippen molar-refractivity contribution in [2.24, 2.45) is 0 Å². The molecule has 1 aromatic carbocycles. The molecule has 0 unspecified atom stereocenters. The van der Waals surface area contributed by atoms with E-state index in [-0.39, 0.29) is 24.5 Å². The molecule has 0 fully saturated rings. The van der Waals surface area contributed by atoms with Crippen molar-refractivity contribution in [1.29, 1.82) is 0 Å². The minimum atomic E-state index is -0.555. The van der Waals surface area contributed by atoms with Crippen molar-refractivity contribution in [3.05, 3.63) is 32.8 Å². The van der Waals surface area contributed by atoms with Crippen LogP contribution in [0, 0.1) is 10.1 Å². The van der Waals surface area contributed by atoms with Gasteiger partial charge < -0.3 is 9.47 Å². The summed E-state index contributed by atoms with van der Waals surface area (Å²) < 4.78 is 11.0. The van der Waals surface area contributed by atoms with E-state index in [0.29, 0.717) is 4.47 Å². The van der Waals surface area contributed by atoms with E-state index >= 15 is 0 Å². The highest BCUT2D eigenvalue weighted by Crippen LogP contribution is 2.30. The molecule has 20 heavy (non-hydrogen) atoms. The smallest absolute Gasteiger partial charge is 0.312 e. The van der Waals surface area contributed by atoms with Gasteiger partial charge in [0.25, 0.3) is 0 Å². The molecular formula is C13H16BrNO5. The Labute approximate surface area is 125 Å². The lowest BCUT2D eigenvalue weighted by molar-refractivity contribution is -0.385. The zero-order valence-corrected chi connectivity index (χ0v) is 13.1. The van der Waals surface area contributed by atoms with E-state index in [1.807, 2.05) is 0 Å². The lowest BCUT2D eigenvalue weighted by Crippen LogP contribution is -2.24. The number of nitro benzene ring substituents is 1. The first-order valence-electron chi connectivity index (χ1n) is 5.97. The Kier molecular flexibility index (Phi) is 5.50. The number of halogens is 1. The highest BCUT2D eigenvalue weighted by Gasteiger charge is 2.18. The van der Waals surface area contributed by atoms with E-state index < -0.39 is 16.5 Å². The molecule has 110 valence electrons. The van der Waals surface area contributed by atoms with Gasteiger partial charge in [-0.1, -0.05) is 15.9 Å². The van der Waals surface area contributed by atoms with Crippen molar-refractivity contribution in [3.8, 4) is 5.75 Å². The second-order valence-corrected chi connectivity index (χ2v) is 5.97. The summed E-state index contributed by atoms with van der Waals surface area (Å²) in [6.45, 7) is 5.33. The Morgan fingerprint density at radius 3 is 2.60 bits per heavy atom. The number of rotatable bonds is 5. The fourth-order valence-electron chi connectivity index (χ4n) is 1.39. The Morgan fingerprint density at radius 2 is 2.05 bits per heavy atom. The third-order valence-electron chi connectivity index (χ3n) is 2.10. The molecule has 0 saturated carbocycles. The summed E-state index contributed by atoms with van der Waals surface area (Å²) in [7, 11) is 0. The number of hydrogen-bond acceptors (Lipinski definition) is 5. The molecule has 0 amide bonds. The van der Waals surface area contributed by atoms with Gasteiger partial charge in [-0.25, -0.2) is 0 Å². The Morgan fingerprint density at radius 1 is 1.40 bits per heavy atom. The maximum absolute atomic E-state index is 11.5. The molecule has 0 aromatic heterocycles. The molecule has 0 spiro atoms. The number of carbonyl (C=O) groups is 1. The van der Waals surface area contributed by atoms with Crippen LogP contribution in [0.5, 0.6) is 5.75 Å². The average molecular weight is 346 g/mol. The average Bonchev–Trinajstić information content (AvgIpc) is 2.28. The predicted octanol–water partition coefficient (Wildman–Crippen LogP) is 3.47. The van der Waals surface area contributed by atoms with Gasteiger partial charge >= 0.3 is 11.7 Å². The SMILES string of the molecule is CC(C)(C)OC(=O)CCOc1ccc(Br)cc1[N+](=O)[O-]. The van der Waals surface area contributed by atoms with Crippen molar-refractivity contribution in [2.45, 2.75) is 32.8 Å². The molecule has 0 aliphatic carbocycles. The fourth-order valence-corrected chi connectivity index (χ4v) is 1.74. The third kappa shape index (κ3) is 5.56. The van der Waals surface area contributed by atoms with E-state index in [4.69, 9.17) is 9.47 Å². The number of benzene rings is 1. The van der Waals surface area contributed by atoms with E-state index in [1.54, 1.807) is 26.8 Å². The highest BCUT2D eigenvalue weighted by molar-refractivity contribution is 9.10. The van der Waals surface area contributed by atoms with Gasteiger partial charge in [0.2, 0.25) is 0 Å². The topological polar surface area (TPSA) is 78.7 Å². The van der Waals surface area contributed by atoms with Crippen LogP contribution in [0.15, 0.2) is 22.7 Å². The van der Waals surface area contributed by atoms with Gasteiger partial charge in [0, 0.05) is 10.5 Å². The summed E-state index contributed by atoms with van der Waals surface area (Å²) in [4.78, 5) is 21.8. The first kappa shape index (κ1) is 16.4. The fraction of sp³-hybridized carbons (Fsp3) is 0.462. The maximum atomic E-state index is 11.5. The van der Waals surface area contributed by atoms with Gasteiger partial charge in [-0.05, 0) is 32.9 Å². The lowest BCUT2D eigenvalue weighted by atomic mass is 10.2. The van der Waals surface area contributed by atoms with E-state index in [0.717, 1.165) is 0 Å². The molecule has 0 saturated heterocycles. The van der Waals surface area contributed by atoms with E-state index in [2.05, 4.69) is 15.9 Å². The van der Waals surface area contributed by atoms with Crippen LogP contribution in [0.2, 0.25) is 0 Å². The maximum Gasteiger partial charge on any atom is 0.312 e. The van der Waals surface area contributed by atoms with Crippen LogP contribution < -0.4 is 4.74 Å². The number of ether oxygens (including phenoxy) is 2. The van der Waals surface area contributed by atoms with Gasteiger partial charge in [0.15, 0.2) is 5.75 Å². The molecule has 0 aliphatic rings. The van der Waals surface area contributed by atoms with Crippen LogP contribution >= 0.6 is 15.9 Å². The lowest BCUT2D eigenvalue weighted by Gasteiger charge is -2.19. The monoisotopic (exact) mass is 345 g/mol. The number of nitro groups is 1. The summed E-state index contributed by atoms with van der Waals surface area (Å²) in [5, 5.41) is 10.9. The molecule has 1 aromatic rings. The van der Waals surface area contributed by atoms with Crippen LogP contribution in [-0.2, 0) is 9.53 Å². The van der Waals surface area contributed by atoms with Crippen molar-refractivity contribution in [3.63, 3.8) is 0 Å². The summed E-state index contributed by atoms with van der Waals surface area (Å²) in [5.74, 6) is -0.279. The normalized spacial score (nSPS) is 11.0. The van der Waals surface area contributed by atoms with Crippen molar-refractivity contribution >= 4 is 27.6 Å². The Bertz CT molecular complexity index is 510. The van der Waals surface area contributed by atoms with Gasteiger partial charge in [0.1, 0.15) is 5.60 Å². The van der Waals surface area contributed by atoms with Crippen LogP contribution in [0.4, 0.5) is 5.69 Å². The second-order valence-electron chi connectivity index (χ2n) is 5.05. The zero-order valence-electron chi connectivity index (χ0n) is 11.5. The number of hydrogen-bond donors (Lipinski definition) is 0. The largest absolute Gasteiger partial charge is 0.486 e. The highest BCUT2D eigenvalue weighted by atomic mass is 79.9. The quantitative estimate of drug-likeness (QED) is 0.463. The summed E-state index contributed by atoms with van der Waals surface area (Å²) in [6, 6.07) is 4.47. The van der Waals surface area contributed by atoms with Crippen LogP contribution in [0.3, 0.4) is 0 Å². The first-order chi connectivity index (χ1) is 9.19. The minimum Gasteiger partial charge on any atom is -0.486 e. The van der Waals surface area contributed by atoms with Crippen molar-refractivity contribution in [2.75, 3.05) is 6.61 Å². The molecule has 6 nitrogen and oxygen atoms in total. The summed E-state index contributed by atoms with van der Waals surface area (Å²) >= 11 is 3.15. The van der Waals surface area contributed by atoms with Gasteiger partial charge in [-0.3, -0.25) is 14.9 Å². The third-order valence-corrected chi connectivity index (χ3v) is 2.59. The molecule has 0 bridgehead atoms. The van der Waals surface area contributed by atoms with E-state index in [1.165, 1.54) is 12.1 Å². The van der Waals surface area contributed by atoms with Crippen molar-refractivity contribution in [1.82, 2.24) is 0 Å². The number of carbonyl (C=O) groups excluding carboxylic acids is 1. The minimum absolute atomic E-state index is 0.0252. The molecule has 7 heteroatoms. The molecule has 0 radical (unpaired) electrons. The van der Waals surface area contributed by atoms with Crippen LogP contribution in [0.1, 0.15) is 27.2 Å². The first-order valence-corrected chi connectivity index (χ1v) is 6.77. The van der Waals surface area contributed by atoms with Gasteiger partial charge in [-0.2, -0.15) is 0 Å². The van der Waals surface area contributed by atoms with Gasteiger partial charge in [0.05, 0.1) is 18.0 Å². The number of esters is 1.